The fraction of sp³-hybridized carbons (Fsp3) is 0.182. The van der Waals surface area contributed by atoms with Gasteiger partial charge in [0.15, 0.2) is 6.10 Å². The molecule has 17 heavy (non-hydrogen) atoms. The summed E-state index contributed by atoms with van der Waals surface area (Å²) in [7, 11) is 0. The first-order chi connectivity index (χ1) is 7.89. The molecular formula is C11H7ClF3NO. The Kier molecular flexibility index (Phi) is 2.97. The molecule has 0 saturated carbocycles. The van der Waals surface area contributed by atoms with Gasteiger partial charge in [-0.2, -0.15) is 13.2 Å². The van der Waals surface area contributed by atoms with E-state index >= 15 is 0 Å². The maximum Gasteiger partial charge on any atom is 0.418 e. The van der Waals surface area contributed by atoms with Gasteiger partial charge in [-0.25, -0.2) is 0 Å². The van der Waals surface area contributed by atoms with Gasteiger partial charge in [-0.05, 0) is 18.2 Å². The van der Waals surface area contributed by atoms with Crippen LogP contribution in [0.25, 0.3) is 10.9 Å². The van der Waals surface area contributed by atoms with Gasteiger partial charge < -0.3 is 5.11 Å². The largest absolute Gasteiger partial charge is 0.418 e. The SMILES string of the molecule is OC(c1ccnc2cc(Cl)ccc12)C(F)(F)F. The van der Waals surface area contributed by atoms with E-state index in [9.17, 15) is 18.3 Å². The lowest BCUT2D eigenvalue weighted by molar-refractivity contribution is -0.206. The maximum absolute atomic E-state index is 12.4. The number of aromatic nitrogens is 1. The van der Waals surface area contributed by atoms with E-state index in [0.29, 0.717) is 10.5 Å². The third-order valence-corrected chi connectivity index (χ3v) is 2.58. The number of halogens is 4. The Hall–Kier alpha value is -1.33. The van der Waals surface area contributed by atoms with Crippen molar-refractivity contribution in [2.24, 2.45) is 0 Å². The van der Waals surface area contributed by atoms with Crippen LogP contribution in [-0.2, 0) is 0 Å². The Bertz CT molecular complexity index is 556. The highest BCUT2D eigenvalue weighted by Crippen LogP contribution is 2.35. The lowest BCUT2D eigenvalue weighted by atomic mass is 10.0. The first-order valence-corrected chi connectivity index (χ1v) is 5.06. The minimum absolute atomic E-state index is 0.223. The summed E-state index contributed by atoms with van der Waals surface area (Å²) in [6.45, 7) is 0. The Morgan fingerprint density at radius 2 is 1.94 bits per heavy atom. The van der Waals surface area contributed by atoms with Gasteiger partial charge in [0.25, 0.3) is 0 Å². The van der Waals surface area contributed by atoms with Gasteiger partial charge in [0.1, 0.15) is 0 Å². The summed E-state index contributed by atoms with van der Waals surface area (Å²) in [4.78, 5) is 3.90. The second kappa shape index (κ2) is 4.16. The van der Waals surface area contributed by atoms with Crippen LogP contribution in [0.15, 0.2) is 30.5 Å². The first kappa shape index (κ1) is 12.1. The third kappa shape index (κ3) is 2.35. The number of nitrogens with zero attached hydrogens (tertiary/aromatic N) is 1. The molecule has 2 rings (SSSR count). The summed E-state index contributed by atoms with van der Waals surface area (Å²) in [5.74, 6) is 0. The molecule has 1 N–H and O–H groups in total. The summed E-state index contributed by atoms with van der Waals surface area (Å²) in [6.07, 6.45) is -6.01. The average Bonchev–Trinajstić information content (AvgIpc) is 2.25. The first-order valence-electron chi connectivity index (χ1n) is 4.68. The second-order valence-electron chi connectivity index (χ2n) is 3.51. The Morgan fingerprint density at radius 1 is 1.24 bits per heavy atom. The van der Waals surface area contributed by atoms with Gasteiger partial charge in [0, 0.05) is 22.2 Å². The quantitative estimate of drug-likeness (QED) is 0.852. The Morgan fingerprint density at radius 3 is 2.59 bits per heavy atom. The predicted molar refractivity (Wildman–Crippen MR) is 57.8 cm³/mol. The van der Waals surface area contributed by atoms with Crippen molar-refractivity contribution in [2.75, 3.05) is 0 Å². The molecule has 1 aromatic heterocycles. The molecule has 0 aliphatic rings. The van der Waals surface area contributed by atoms with Crippen LogP contribution in [0.3, 0.4) is 0 Å². The molecule has 0 spiro atoms. The van der Waals surface area contributed by atoms with Crippen LogP contribution < -0.4 is 0 Å². The van der Waals surface area contributed by atoms with E-state index in [1.165, 1.54) is 24.4 Å². The fourth-order valence-electron chi connectivity index (χ4n) is 1.56. The number of benzene rings is 1. The van der Waals surface area contributed by atoms with Gasteiger partial charge in [-0.1, -0.05) is 17.7 Å². The molecule has 0 amide bonds. The zero-order valence-corrected chi connectivity index (χ0v) is 9.13. The van der Waals surface area contributed by atoms with E-state index in [2.05, 4.69) is 4.98 Å². The van der Waals surface area contributed by atoms with E-state index in [4.69, 9.17) is 11.6 Å². The molecule has 0 bridgehead atoms. The van der Waals surface area contributed by atoms with Gasteiger partial charge >= 0.3 is 6.18 Å². The van der Waals surface area contributed by atoms with Crippen molar-refractivity contribution in [3.63, 3.8) is 0 Å². The number of hydrogen-bond acceptors (Lipinski definition) is 2. The van der Waals surface area contributed by atoms with Crippen LogP contribution in [0.2, 0.25) is 5.02 Å². The molecule has 2 nitrogen and oxygen atoms in total. The maximum atomic E-state index is 12.4. The number of rotatable bonds is 1. The van der Waals surface area contributed by atoms with E-state index in [0.717, 1.165) is 6.07 Å². The highest BCUT2D eigenvalue weighted by molar-refractivity contribution is 6.31. The zero-order valence-electron chi connectivity index (χ0n) is 8.37. The minimum Gasteiger partial charge on any atom is -0.379 e. The van der Waals surface area contributed by atoms with E-state index in [-0.39, 0.29) is 10.9 Å². The van der Waals surface area contributed by atoms with Crippen molar-refractivity contribution in [2.45, 2.75) is 12.3 Å². The molecule has 90 valence electrons. The van der Waals surface area contributed by atoms with E-state index in [1.807, 2.05) is 0 Å². The highest BCUT2D eigenvalue weighted by atomic mass is 35.5. The number of aliphatic hydroxyl groups is 1. The molecule has 6 heteroatoms. The summed E-state index contributed by atoms with van der Waals surface area (Å²) in [5, 5.41) is 9.85. The van der Waals surface area contributed by atoms with Gasteiger partial charge in [0.05, 0.1) is 5.52 Å². The van der Waals surface area contributed by atoms with Crippen molar-refractivity contribution < 1.29 is 18.3 Å². The standard InChI is InChI=1S/C11H7ClF3NO/c12-6-1-2-7-8(10(17)11(13,14)15)3-4-16-9(7)5-6/h1-5,10,17H. The molecule has 1 unspecified atom stereocenters. The van der Waals surface area contributed by atoms with Gasteiger partial charge in [-0.3, -0.25) is 4.98 Å². The van der Waals surface area contributed by atoms with Crippen LogP contribution in [0, 0.1) is 0 Å². The third-order valence-electron chi connectivity index (χ3n) is 2.34. The minimum atomic E-state index is -4.70. The van der Waals surface area contributed by atoms with Crippen LogP contribution in [0.5, 0.6) is 0 Å². The smallest absolute Gasteiger partial charge is 0.379 e. The average molecular weight is 262 g/mol. The van der Waals surface area contributed by atoms with Crippen LogP contribution >= 0.6 is 11.6 Å². The van der Waals surface area contributed by atoms with E-state index < -0.39 is 12.3 Å². The number of hydrogen-bond donors (Lipinski definition) is 1. The summed E-state index contributed by atoms with van der Waals surface area (Å²) >= 11 is 5.72. The molecule has 1 aromatic carbocycles. The lowest BCUT2D eigenvalue weighted by Gasteiger charge is -2.16. The molecule has 1 heterocycles. The second-order valence-corrected chi connectivity index (χ2v) is 3.94. The number of aliphatic hydroxyl groups excluding tert-OH is 1. The number of alkyl halides is 3. The molecule has 0 saturated heterocycles. The van der Waals surface area contributed by atoms with Crippen molar-refractivity contribution in [1.82, 2.24) is 4.98 Å². The van der Waals surface area contributed by atoms with Gasteiger partial charge in [-0.15, -0.1) is 0 Å². The number of fused-ring (bicyclic) bond motifs is 1. The molecule has 1 atom stereocenters. The van der Waals surface area contributed by atoms with Crippen molar-refractivity contribution in [3.8, 4) is 0 Å². The monoisotopic (exact) mass is 261 g/mol. The van der Waals surface area contributed by atoms with Crippen LogP contribution in [0.4, 0.5) is 13.2 Å². The van der Waals surface area contributed by atoms with E-state index in [1.54, 1.807) is 0 Å². The normalized spacial score (nSPS) is 13.9. The molecule has 2 aromatic rings. The Labute approximate surface area is 99.7 Å². The van der Waals surface area contributed by atoms with Crippen molar-refractivity contribution in [1.29, 1.82) is 0 Å². The molecule has 0 aliphatic heterocycles. The predicted octanol–water partition coefficient (Wildman–Crippen LogP) is 3.48. The molecule has 0 radical (unpaired) electrons. The number of pyridine rings is 1. The van der Waals surface area contributed by atoms with Crippen LogP contribution in [-0.4, -0.2) is 16.3 Å². The van der Waals surface area contributed by atoms with Crippen molar-refractivity contribution in [3.05, 3.63) is 41.0 Å². The fourth-order valence-corrected chi connectivity index (χ4v) is 1.72. The summed E-state index contributed by atoms with van der Waals surface area (Å²) in [6, 6.07) is 5.46. The highest BCUT2D eigenvalue weighted by Gasteiger charge is 2.40. The topological polar surface area (TPSA) is 33.1 Å². The Balaban J connectivity index is 2.63. The summed E-state index contributed by atoms with van der Waals surface area (Å²) < 4.78 is 37.3. The van der Waals surface area contributed by atoms with Crippen LogP contribution in [0.1, 0.15) is 11.7 Å². The zero-order chi connectivity index (χ0) is 12.6. The molecule has 0 aliphatic carbocycles. The van der Waals surface area contributed by atoms with Crippen molar-refractivity contribution >= 4 is 22.5 Å². The summed E-state index contributed by atoms with van der Waals surface area (Å²) in [5.41, 5.74) is 0.0949. The lowest BCUT2D eigenvalue weighted by Crippen LogP contribution is -2.20. The van der Waals surface area contributed by atoms with Gasteiger partial charge in [0.2, 0.25) is 0 Å². The molecular weight excluding hydrogens is 255 g/mol. The molecule has 0 fully saturated rings.